The van der Waals surface area contributed by atoms with Crippen LogP contribution >= 0.6 is 15.9 Å². The maximum Gasteiger partial charge on any atom is 0.338 e. The second kappa shape index (κ2) is 7.79. The molecule has 0 saturated heterocycles. The first-order valence-corrected chi connectivity index (χ1v) is 7.20. The molecule has 1 aromatic rings. The normalized spacial score (nSPS) is 11.7. The zero-order valence-electron chi connectivity index (χ0n) is 12.4. The van der Waals surface area contributed by atoms with E-state index in [1.165, 1.54) is 19.2 Å². The number of primary amides is 1. The Kier molecular flexibility index (Phi) is 6.36. The van der Waals surface area contributed by atoms with E-state index in [4.69, 9.17) is 15.2 Å². The van der Waals surface area contributed by atoms with E-state index in [1.807, 2.05) is 5.32 Å². The Hall–Kier alpha value is -2.09. The predicted octanol–water partition coefficient (Wildman–Crippen LogP) is 1.83. The summed E-state index contributed by atoms with van der Waals surface area (Å²) >= 11 is 3.26. The lowest BCUT2D eigenvalue weighted by Gasteiger charge is -2.20. The average molecular weight is 373 g/mol. The van der Waals surface area contributed by atoms with Crippen LogP contribution in [0.15, 0.2) is 22.7 Å². The smallest absolute Gasteiger partial charge is 0.338 e. The van der Waals surface area contributed by atoms with Crippen molar-refractivity contribution in [2.45, 2.75) is 20.0 Å². The van der Waals surface area contributed by atoms with Crippen molar-refractivity contribution in [2.24, 2.45) is 11.7 Å². The van der Waals surface area contributed by atoms with Crippen LogP contribution in [0.3, 0.4) is 0 Å². The molecule has 3 N–H and O–H groups in total. The molecule has 0 fully saturated rings. The molecule has 0 radical (unpaired) electrons. The van der Waals surface area contributed by atoms with Crippen molar-refractivity contribution in [2.75, 3.05) is 7.11 Å². The number of carbonyl (C=O) groups excluding carboxylic acids is 3. The first-order chi connectivity index (χ1) is 10.3. The highest BCUT2D eigenvalue weighted by atomic mass is 79.9. The number of urea groups is 1. The number of nitrogens with two attached hydrogens (primary N) is 1. The van der Waals surface area contributed by atoms with Gasteiger partial charge in [0.2, 0.25) is 0 Å². The van der Waals surface area contributed by atoms with Gasteiger partial charge < -0.3 is 15.2 Å². The number of benzene rings is 1. The third kappa shape index (κ3) is 4.73. The molecule has 1 rings (SSSR count). The molecule has 0 aliphatic carbocycles. The standard InChI is InChI=1S/C14H17BrN2O5/c1-7(2)11(12(18)17-14(16)20)22-13(19)8-4-5-10(21-3)9(15)6-8/h4-7,11H,1-3H3,(H3,16,17,18,20)/t11-/m1/s1. The number of ether oxygens (including phenoxy) is 2. The van der Waals surface area contributed by atoms with Gasteiger partial charge in [-0.05, 0) is 40.0 Å². The van der Waals surface area contributed by atoms with Gasteiger partial charge in [0, 0.05) is 0 Å². The Balaban J connectivity index is 2.89. The number of carbonyl (C=O) groups is 3. The van der Waals surface area contributed by atoms with Crippen molar-refractivity contribution in [1.29, 1.82) is 0 Å². The van der Waals surface area contributed by atoms with Gasteiger partial charge in [-0.3, -0.25) is 10.1 Å². The van der Waals surface area contributed by atoms with Gasteiger partial charge in [-0.1, -0.05) is 13.8 Å². The largest absolute Gasteiger partial charge is 0.496 e. The lowest BCUT2D eigenvalue weighted by molar-refractivity contribution is -0.130. The van der Waals surface area contributed by atoms with Gasteiger partial charge in [-0.15, -0.1) is 0 Å². The van der Waals surface area contributed by atoms with Gasteiger partial charge in [0.25, 0.3) is 5.91 Å². The van der Waals surface area contributed by atoms with Crippen LogP contribution in [0, 0.1) is 5.92 Å². The second-order valence-electron chi connectivity index (χ2n) is 4.77. The zero-order chi connectivity index (χ0) is 16.9. The molecular formula is C14H17BrN2O5. The molecule has 7 nitrogen and oxygen atoms in total. The summed E-state index contributed by atoms with van der Waals surface area (Å²) in [7, 11) is 1.50. The number of halogens is 1. The van der Waals surface area contributed by atoms with E-state index in [-0.39, 0.29) is 11.5 Å². The fourth-order valence-electron chi connectivity index (χ4n) is 1.66. The highest BCUT2D eigenvalue weighted by molar-refractivity contribution is 9.10. The molecule has 0 aliphatic heterocycles. The van der Waals surface area contributed by atoms with Crippen LogP contribution in [0.4, 0.5) is 4.79 Å². The van der Waals surface area contributed by atoms with Crippen LogP contribution in [0.2, 0.25) is 0 Å². The topological polar surface area (TPSA) is 108 Å². The summed E-state index contributed by atoms with van der Waals surface area (Å²) in [6.45, 7) is 3.37. The molecule has 3 amide bonds. The summed E-state index contributed by atoms with van der Waals surface area (Å²) in [5.41, 5.74) is 5.13. The molecule has 1 atom stereocenters. The van der Waals surface area contributed by atoms with Crippen molar-refractivity contribution < 1.29 is 23.9 Å². The maximum atomic E-state index is 12.1. The number of methoxy groups -OCH3 is 1. The first kappa shape index (κ1) is 18.0. The van der Waals surface area contributed by atoms with Gasteiger partial charge >= 0.3 is 12.0 Å². The van der Waals surface area contributed by atoms with Gasteiger partial charge in [-0.2, -0.15) is 0 Å². The predicted molar refractivity (Wildman–Crippen MR) is 82.5 cm³/mol. The number of hydrogen-bond acceptors (Lipinski definition) is 5. The van der Waals surface area contributed by atoms with E-state index >= 15 is 0 Å². The van der Waals surface area contributed by atoms with E-state index in [9.17, 15) is 14.4 Å². The molecule has 120 valence electrons. The van der Waals surface area contributed by atoms with Gasteiger partial charge in [0.1, 0.15) is 5.75 Å². The summed E-state index contributed by atoms with van der Waals surface area (Å²) in [5.74, 6) is -1.22. The lowest BCUT2D eigenvalue weighted by Crippen LogP contribution is -2.45. The van der Waals surface area contributed by atoms with E-state index in [1.54, 1.807) is 19.9 Å². The minimum atomic E-state index is -1.12. The third-order valence-corrected chi connectivity index (χ3v) is 3.35. The fourth-order valence-corrected chi connectivity index (χ4v) is 2.20. The molecule has 0 spiro atoms. The Bertz CT molecular complexity index is 589. The highest BCUT2D eigenvalue weighted by Gasteiger charge is 2.28. The van der Waals surface area contributed by atoms with Crippen molar-refractivity contribution >= 4 is 33.8 Å². The summed E-state index contributed by atoms with van der Waals surface area (Å²) in [4.78, 5) is 34.7. The first-order valence-electron chi connectivity index (χ1n) is 6.41. The van der Waals surface area contributed by atoms with E-state index in [0.717, 1.165) is 0 Å². The Morgan fingerprint density at radius 2 is 1.91 bits per heavy atom. The van der Waals surface area contributed by atoms with Crippen molar-refractivity contribution in [3.63, 3.8) is 0 Å². The molecule has 0 aromatic heterocycles. The van der Waals surface area contributed by atoms with Crippen molar-refractivity contribution in [3.8, 4) is 5.75 Å². The minimum absolute atomic E-state index is 0.241. The number of imide groups is 1. The highest BCUT2D eigenvalue weighted by Crippen LogP contribution is 2.26. The van der Waals surface area contributed by atoms with Gasteiger partial charge in [0.15, 0.2) is 6.10 Å². The molecule has 0 bridgehead atoms. The van der Waals surface area contributed by atoms with E-state index < -0.39 is 24.0 Å². The van der Waals surface area contributed by atoms with Crippen LogP contribution in [-0.2, 0) is 9.53 Å². The van der Waals surface area contributed by atoms with Crippen LogP contribution in [0.25, 0.3) is 0 Å². The number of esters is 1. The Morgan fingerprint density at radius 3 is 2.36 bits per heavy atom. The Labute approximate surface area is 136 Å². The molecule has 1 aromatic carbocycles. The van der Waals surface area contributed by atoms with Gasteiger partial charge in [-0.25, -0.2) is 9.59 Å². The number of rotatable bonds is 5. The number of nitrogens with one attached hydrogen (secondary N) is 1. The molecule has 0 saturated carbocycles. The zero-order valence-corrected chi connectivity index (χ0v) is 14.0. The molecule has 0 aliphatic rings. The second-order valence-corrected chi connectivity index (χ2v) is 5.63. The maximum absolute atomic E-state index is 12.1. The van der Waals surface area contributed by atoms with Crippen molar-refractivity contribution in [3.05, 3.63) is 28.2 Å². The van der Waals surface area contributed by atoms with Crippen molar-refractivity contribution in [1.82, 2.24) is 5.32 Å². The van der Waals surface area contributed by atoms with Crippen LogP contribution in [0.5, 0.6) is 5.75 Å². The number of amides is 3. The average Bonchev–Trinajstić information content (AvgIpc) is 2.43. The summed E-state index contributed by atoms with van der Waals surface area (Å²) in [5, 5.41) is 1.90. The van der Waals surface area contributed by atoms with Gasteiger partial charge in [0.05, 0.1) is 17.1 Å². The van der Waals surface area contributed by atoms with E-state index in [2.05, 4.69) is 15.9 Å². The molecule has 8 heteroatoms. The number of hydrogen-bond donors (Lipinski definition) is 2. The minimum Gasteiger partial charge on any atom is -0.496 e. The SMILES string of the molecule is COc1ccc(C(=O)O[C@@H](C(=O)NC(N)=O)C(C)C)cc1Br. The monoisotopic (exact) mass is 372 g/mol. The summed E-state index contributed by atoms with van der Waals surface area (Å²) in [6.07, 6.45) is -1.12. The molecule has 0 heterocycles. The molecule has 22 heavy (non-hydrogen) atoms. The van der Waals surface area contributed by atoms with Crippen LogP contribution < -0.4 is 15.8 Å². The quantitative estimate of drug-likeness (QED) is 0.766. The summed E-state index contributed by atoms with van der Waals surface area (Å²) in [6, 6.07) is 3.62. The third-order valence-electron chi connectivity index (χ3n) is 2.73. The van der Waals surface area contributed by atoms with Crippen LogP contribution in [-0.4, -0.2) is 31.1 Å². The fraction of sp³-hybridized carbons (Fsp3) is 0.357. The molecular weight excluding hydrogens is 356 g/mol. The Morgan fingerprint density at radius 1 is 1.27 bits per heavy atom. The summed E-state index contributed by atoms with van der Waals surface area (Å²) < 4.78 is 10.8. The molecule has 0 unspecified atom stereocenters. The van der Waals surface area contributed by atoms with Crippen LogP contribution in [0.1, 0.15) is 24.2 Å². The lowest BCUT2D eigenvalue weighted by atomic mass is 10.1. The van der Waals surface area contributed by atoms with E-state index in [0.29, 0.717) is 10.2 Å².